The van der Waals surface area contributed by atoms with Crippen LogP contribution < -0.4 is 10.3 Å². The first-order valence-electron chi connectivity index (χ1n) is 9.02. The van der Waals surface area contributed by atoms with Crippen molar-refractivity contribution in [2.24, 2.45) is 0 Å². The number of ether oxygens (including phenoxy) is 2. The summed E-state index contributed by atoms with van der Waals surface area (Å²) in [5.41, 5.74) is 4.77. The molecule has 1 saturated heterocycles. The van der Waals surface area contributed by atoms with Crippen molar-refractivity contribution >= 4 is 0 Å². The van der Waals surface area contributed by atoms with E-state index < -0.39 is 0 Å². The number of phenols is 1. The van der Waals surface area contributed by atoms with Gasteiger partial charge in [-0.25, -0.2) is 0 Å². The summed E-state index contributed by atoms with van der Waals surface area (Å²) < 4.78 is 12.1. The first-order chi connectivity index (χ1) is 12.7. The Kier molecular flexibility index (Phi) is 6.44. The molecule has 0 spiro atoms. The highest BCUT2D eigenvalue weighted by Crippen LogP contribution is 2.37. The summed E-state index contributed by atoms with van der Waals surface area (Å²) >= 11 is 0. The highest BCUT2D eigenvalue weighted by Gasteiger charge is 2.29. The van der Waals surface area contributed by atoms with E-state index in [4.69, 9.17) is 14.3 Å². The van der Waals surface area contributed by atoms with Crippen LogP contribution in [0.1, 0.15) is 43.4 Å². The molecule has 0 amide bonds. The minimum absolute atomic E-state index is 0.0506. The van der Waals surface area contributed by atoms with Crippen LogP contribution in [0.5, 0.6) is 11.5 Å². The number of hydroxylamine groups is 1. The number of hydrogen-bond donors (Lipinski definition) is 2. The van der Waals surface area contributed by atoms with Gasteiger partial charge in [-0.3, -0.25) is 4.98 Å². The average Bonchev–Trinajstić information content (AvgIpc) is 3.11. The smallest absolute Gasteiger partial charge is 0.189 e. The van der Waals surface area contributed by atoms with E-state index in [0.29, 0.717) is 5.75 Å². The highest BCUT2D eigenvalue weighted by molar-refractivity contribution is 5.42. The van der Waals surface area contributed by atoms with Crippen molar-refractivity contribution in [3.8, 4) is 11.5 Å². The molecular weight excluding hydrogens is 332 g/mol. The van der Waals surface area contributed by atoms with Gasteiger partial charge in [0.25, 0.3) is 0 Å². The molecule has 0 bridgehead atoms. The summed E-state index contributed by atoms with van der Waals surface area (Å²) in [6, 6.07) is 9.31. The van der Waals surface area contributed by atoms with Crippen molar-refractivity contribution in [2.75, 3.05) is 7.05 Å². The molecule has 2 aromatic rings. The molecule has 1 fully saturated rings. The largest absolute Gasteiger partial charge is 0.504 e. The van der Waals surface area contributed by atoms with E-state index >= 15 is 0 Å². The summed E-state index contributed by atoms with van der Waals surface area (Å²) in [6.45, 7) is 2.08. The number of aromatic hydroxyl groups is 1. The average molecular weight is 358 g/mol. The van der Waals surface area contributed by atoms with Crippen LogP contribution in [0.3, 0.4) is 0 Å². The van der Waals surface area contributed by atoms with Crippen LogP contribution in [0.2, 0.25) is 0 Å². The Balaban J connectivity index is 1.49. The van der Waals surface area contributed by atoms with Crippen LogP contribution in [0, 0.1) is 0 Å². The lowest BCUT2D eigenvalue weighted by molar-refractivity contribution is -0.160. The Morgan fingerprint density at radius 2 is 2.23 bits per heavy atom. The molecule has 140 valence electrons. The molecule has 3 unspecified atom stereocenters. The van der Waals surface area contributed by atoms with Gasteiger partial charge in [-0.2, -0.15) is 5.48 Å². The summed E-state index contributed by atoms with van der Waals surface area (Å²) in [4.78, 5) is 9.35. The highest BCUT2D eigenvalue weighted by atomic mass is 16.7. The van der Waals surface area contributed by atoms with Gasteiger partial charge in [0.1, 0.15) is 0 Å². The van der Waals surface area contributed by atoms with Crippen LogP contribution in [0.25, 0.3) is 0 Å². The second-order valence-electron chi connectivity index (χ2n) is 6.51. The van der Waals surface area contributed by atoms with Gasteiger partial charge in [-0.05, 0) is 55.5 Å². The molecule has 0 saturated carbocycles. The maximum atomic E-state index is 9.80. The van der Waals surface area contributed by atoms with Crippen molar-refractivity contribution in [2.45, 2.75) is 51.1 Å². The number of benzene rings is 1. The Morgan fingerprint density at radius 3 is 3.00 bits per heavy atom. The Morgan fingerprint density at radius 1 is 1.35 bits per heavy atom. The van der Waals surface area contributed by atoms with E-state index in [1.54, 1.807) is 25.4 Å². The molecular formula is C20H26N2O4. The Labute approximate surface area is 154 Å². The number of nitrogens with one attached hydrogen (secondary N) is 1. The lowest BCUT2D eigenvalue weighted by Gasteiger charge is -2.20. The van der Waals surface area contributed by atoms with Gasteiger partial charge in [0.15, 0.2) is 17.8 Å². The summed E-state index contributed by atoms with van der Waals surface area (Å²) in [5.74, 6) is 0.487. The third-order valence-electron chi connectivity index (χ3n) is 4.49. The second-order valence-corrected chi connectivity index (χ2v) is 6.51. The molecule has 2 heterocycles. The van der Waals surface area contributed by atoms with Gasteiger partial charge >= 0.3 is 0 Å². The number of hydrogen-bond acceptors (Lipinski definition) is 6. The van der Waals surface area contributed by atoms with Gasteiger partial charge in [-0.1, -0.05) is 12.1 Å². The summed E-state index contributed by atoms with van der Waals surface area (Å²) in [6.07, 6.45) is 7.13. The number of rotatable bonds is 8. The molecule has 1 aliphatic rings. The zero-order valence-corrected chi connectivity index (χ0v) is 15.2. The fourth-order valence-corrected chi connectivity index (χ4v) is 3.12. The second kappa shape index (κ2) is 8.98. The van der Waals surface area contributed by atoms with Gasteiger partial charge in [0.05, 0.1) is 12.2 Å². The molecule has 0 radical (unpaired) electrons. The molecule has 0 aliphatic carbocycles. The van der Waals surface area contributed by atoms with Gasteiger partial charge in [0, 0.05) is 25.9 Å². The van der Waals surface area contributed by atoms with Crippen molar-refractivity contribution < 1.29 is 19.4 Å². The molecule has 3 rings (SSSR count). The van der Waals surface area contributed by atoms with Crippen LogP contribution in [-0.2, 0) is 15.9 Å². The molecule has 1 aromatic carbocycles. The lowest BCUT2D eigenvalue weighted by atomic mass is 10.1. The molecule has 1 aromatic heterocycles. The topological polar surface area (TPSA) is 72.8 Å². The first kappa shape index (κ1) is 18.6. The van der Waals surface area contributed by atoms with E-state index in [9.17, 15) is 5.11 Å². The zero-order valence-electron chi connectivity index (χ0n) is 15.2. The summed E-state index contributed by atoms with van der Waals surface area (Å²) in [7, 11) is 1.65. The number of nitrogens with zero attached hydrogens (tertiary/aromatic N) is 1. The third kappa shape index (κ3) is 4.94. The molecule has 26 heavy (non-hydrogen) atoms. The van der Waals surface area contributed by atoms with E-state index in [1.807, 2.05) is 18.3 Å². The molecule has 1 aliphatic heterocycles. The molecule has 2 N–H and O–H groups in total. The molecule has 6 heteroatoms. The Bertz CT molecular complexity index is 695. The maximum absolute atomic E-state index is 9.80. The van der Waals surface area contributed by atoms with E-state index in [2.05, 4.69) is 23.5 Å². The van der Waals surface area contributed by atoms with Gasteiger partial charge in [-0.15, -0.1) is 0 Å². The minimum Gasteiger partial charge on any atom is -0.504 e. The molecule has 6 nitrogen and oxygen atoms in total. The van der Waals surface area contributed by atoms with Gasteiger partial charge < -0.3 is 19.4 Å². The van der Waals surface area contributed by atoms with E-state index in [0.717, 1.165) is 31.2 Å². The fourth-order valence-electron chi connectivity index (χ4n) is 3.12. The number of aromatic nitrogens is 1. The summed E-state index contributed by atoms with van der Waals surface area (Å²) in [5, 5.41) is 9.80. The molecule has 3 atom stereocenters. The maximum Gasteiger partial charge on any atom is 0.189 e. The van der Waals surface area contributed by atoms with Gasteiger partial charge in [0.2, 0.25) is 0 Å². The normalized spacial score (nSPS) is 20.8. The quantitative estimate of drug-likeness (QED) is 0.704. The third-order valence-corrected chi connectivity index (χ3v) is 4.49. The van der Waals surface area contributed by atoms with Crippen molar-refractivity contribution in [3.05, 3.63) is 53.9 Å². The first-order valence-corrected chi connectivity index (χ1v) is 9.02. The van der Waals surface area contributed by atoms with Crippen LogP contribution in [0.15, 0.2) is 42.7 Å². The van der Waals surface area contributed by atoms with Crippen molar-refractivity contribution in [1.29, 1.82) is 0 Å². The lowest BCUT2D eigenvalue weighted by Crippen LogP contribution is -2.20. The van der Waals surface area contributed by atoms with Crippen molar-refractivity contribution in [3.63, 3.8) is 0 Å². The predicted molar refractivity (Wildman–Crippen MR) is 97.7 cm³/mol. The van der Waals surface area contributed by atoms with E-state index in [1.165, 1.54) is 5.56 Å². The SMILES string of the molecule is CNOc1cc(C2CCC(OC(C)CCc3cccnc3)O2)ccc1O. The van der Waals surface area contributed by atoms with Crippen LogP contribution in [0.4, 0.5) is 0 Å². The minimum atomic E-state index is -0.202. The van der Waals surface area contributed by atoms with Crippen molar-refractivity contribution in [1.82, 2.24) is 10.5 Å². The number of pyridine rings is 1. The zero-order chi connectivity index (χ0) is 18.4. The van der Waals surface area contributed by atoms with Crippen LogP contribution in [-0.4, -0.2) is 29.5 Å². The number of aryl methyl sites for hydroxylation is 1. The fraction of sp³-hybridized carbons (Fsp3) is 0.450. The standard InChI is InChI=1S/C20H26N2O4/c1-14(5-6-15-4-3-11-22-13-15)24-20-10-9-18(25-20)16-7-8-17(23)19(12-16)26-21-2/h3-4,7-8,11-14,18,20-21,23H,5-6,9-10H2,1-2H3. The van der Waals surface area contributed by atoms with E-state index in [-0.39, 0.29) is 24.2 Å². The predicted octanol–water partition coefficient (Wildman–Crippen LogP) is 3.52. The monoisotopic (exact) mass is 358 g/mol. The number of phenolic OH excluding ortho intramolecular Hbond substituents is 1. The van der Waals surface area contributed by atoms with Crippen LogP contribution >= 0.6 is 0 Å². The Hall–Kier alpha value is -2.15.